The Balaban J connectivity index is 0.000000166. The zero-order valence-electron chi connectivity index (χ0n) is 37.0. The van der Waals surface area contributed by atoms with Crippen LogP contribution >= 0.6 is 0 Å². The summed E-state index contributed by atoms with van der Waals surface area (Å²) in [5.74, 6) is 3.11. The first-order valence-corrected chi connectivity index (χ1v) is 24.8. The minimum Gasteiger partial charge on any atom is -0.490 e. The van der Waals surface area contributed by atoms with Gasteiger partial charge in [0.25, 0.3) is 0 Å². The van der Waals surface area contributed by atoms with E-state index in [4.69, 9.17) is 27.8 Å². The molecule has 0 spiro atoms. The molecule has 2 atom stereocenters. The standard InChI is InChI=1S/2C26H25NO5S/c2*1-17-8-3-4-9-20(17)25(26-18(2)21-10-5-6-11-22(21)32-26)27-33(28,29)19-12-13-23-24(16-19)31-15-7-14-30-23/h2*3-6,8-13,16,25,27H,7,14-15H2,1-2H3. The normalized spacial score (nSPS) is 14.7. The van der Waals surface area contributed by atoms with Crippen LogP contribution in [0.15, 0.2) is 152 Å². The molecule has 0 bridgehead atoms. The molecule has 6 aromatic carbocycles. The quantitative estimate of drug-likeness (QED) is 0.135. The molecule has 2 aromatic heterocycles. The minimum absolute atomic E-state index is 0.110. The van der Waals surface area contributed by atoms with Crippen LogP contribution in [0.25, 0.3) is 21.9 Å². The van der Waals surface area contributed by atoms with Crippen LogP contribution in [0.3, 0.4) is 0 Å². The number of para-hydroxylation sites is 2. The first kappa shape index (κ1) is 44.6. The summed E-state index contributed by atoms with van der Waals surface area (Å²) in [6, 6.07) is 38.8. The number of hydrogen-bond donors (Lipinski definition) is 2. The topological polar surface area (TPSA) is 156 Å². The van der Waals surface area contributed by atoms with Crippen LogP contribution < -0.4 is 28.4 Å². The second-order valence-electron chi connectivity index (χ2n) is 16.3. The fourth-order valence-corrected chi connectivity index (χ4v) is 10.7. The lowest BCUT2D eigenvalue weighted by atomic mass is 9.98. The Labute approximate surface area is 384 Å². The maximum Gasteiger partial charge on any atom is 0.241 e. The van der Waals surface area contributed by atoms with Crippen LogP contribution in [0, 0.1) is 27.7 Å². The van der Waals surface area contributed by atoms with Crippen molar-refractivity contribution in [2.45, 2.75) is 62.4 Å². The maximum absolute atomic E-state index is 13.5. The molecule has 12 nitrogen and oxygen atoms in total. The highest BCUT2D eigenvalue weighted by Gasteiger charge is 2.31. The van der Waals surface area contributed by atoms with E-state index < -0.39 is 32.1 Å². The van der Waals surface area contributed by atoms with E-state index in [1.807, 2.05) is 125 Å². The summed E-state index contributed by atoms with van der Waals surface area (Å²) in [4.78, 5) is 0.221. The number of sulfonamides is 2. The Hall–Kier alpha value is -6.58. The summed E-state index contributed by atoms with van der Waals surface area (Å²) in [5.41, 5.74) is 6.83. The first-order chi connectivity index (χ1) is 31.9. The third-order valence-corrected chi connectivity index (χ3v) is 14.7. The van der Waals surface area contributed by atoms with Gasteiger partial charge < -0.3 is 27.8 Å². The summed E-state index contributed by atoms with van der Waals surface area (Å²) in [6.07, 6.45) is 1.49. The Bertz CT molecular complexity index is 3070. The monoisotopic (exact) mass is 926 g/mol. The molecule has 0 saturated carbocycles. The highest BCUT2D eigenvalue weighted by Crippen LogP contribution is 2.39. The molecule has 14 heteroatoms. The van der Waals surface area contributed by atoms with Gasteiger partial charge in [0.1, 0.15) is 34.8 Å². The number of ether oxygens (including phenoxy) is 4. The third-order valence-electron chi connectivity index (χ3n) is 11.9. The van der Waals surface area contributed by atoms with Crippen LogP contribution in [-0.2, 0) is 20.0 Å². The lowest BCUT2D eigenvalue weighted by molar-refractivity contribution is 0.296. The smallest absolute Gasteiger partial charge is 0.241 e. The minimum atomic E-state index is -3.92. The van der Waals surface area contributed by atoms with E-state index in [0.717, 1.165) is 68.2 Å². The van der Waals surface area contributed by atoms with E-state index in [-0.39, 0.29) is 9.79 Å². The molecule has 66 heavy (non-hydrogen) atoms. The molecule has 340 valence electrons. The van der Waals surface area contributed by atoms with Crippen molar-refractivity contribution in [1.29, 1.82) is 0 Å². The lowest BCUT2D eigenvalue weighted by Crippen LogP contribution is -2.30. The second-order valence-corrected chi connectivity index (χ2v) is 19.7. The molecule has 0 amide bonds. The van der Waals surface area contributed by atoms with Crippen molar-refractivity contribution in [1.82, 2.24) is 9.44 Å². The molecule has 4 heterocycles. The zero-order chi connectivity index (χ0) is 46.0. The molecule has 0 radical (unpaired) electrons. The van der Waals surface area contributed by atoms with Gasteiger partial charge in [-0.1, -0.05) is 84.9 Å². The van der Waals surface area contributed by atoms with E-state index in [0.29, 0.717) is 60.9 Å². The van der Waals surface area contributed by atoms with Crippen molar-refractivity contribution in [3.05, 3.63) is 178 Å². The number of aryl methyl sites for hydroxylation is 4. The SMILES string of the molecule is Cc1ccccc1C(NS(=O)(=O)c1ccc2c(c1)OCCCO2)c1oc2ccccc2c1C.Cc1ccccc1C(NS(=O)(=O)c1ccc2c(c1)OCCCO2)c1oc2ccccc2c1C. The van der Waals surface area contributed by atoms with E-state index in [9.17, 15) is 16.8 Å². The average Bonchev–Trinajstić information content (AvgIpc) is 3.57. The molecule has 0 saturated heterocycles. The molecule has 2 aliphatic heterocycles. The van der Waals surface area contributed by atoms with Crippen molar-refractivity contribution in [2.75, 3.05) is 26.4 Å². The molecule has 10 rings (SSSR count). The van der Waals surface area contributed by atoms with Gasteiger partial charge in [-0.2, -0.15) is 9.44 Å². The summed E-state index contributed by atoms with van der Waals surface area (Å²) in [6.45, 7) is 9.87. The number of benzene rings is 6. The van der Waals surface area contributed by atoms with E-state index in [1.54, 1.807) is 12.1 Å². The van der Waals surface area contributed by atoms with Gasteiger partial charge in [-0.25, -0.2) is 16.8 Å². The van der Waals surface area contributed by atoms with Crippen LogP contribution in [0.5, 0.6) is 23.0 Å². The number of rotatable bonds is 10. The molecule has 2 N–H and O–H groups in total. The number of fused-ring (bicyclic) bond motifs is 4. The van der Waals surface area contributed by atoms with Crippen molar-refractivity contribution >= 4 is 42.0 Å². The average molecular weight is 927 g/mol. The van der Waals surface area contributed by atoms with Crippen molar-refractivity contribution in [3.8, 4) is 23.0 Å². The van der Waals surface area contributed by atoms with Gasteiger partial charge in [0.2, 0.25) is 20.0 Å². The molecular weight excluding hydrogens is 877 g/mol. The van der Waals surface area contributed by atoms with Gasteiger partial charge in [0.15, 0.2) is 23.0 Å². The van der Waals surface area contributed by atoms with Crippen LogP contribution in [0.1, 0.15) is 69.8 Å². The summed E-state index contributed by atoms with van der Waals surface area (Å²) in [5, 5.41) is 1.92. The molecule has 0 fully saturated rings. The van der Waals surface area contributed by atoms with Crippen molar-refractivity contribution < 1.29 is 44.6 Å². The highest BCUT2D eigenvalue weighted by molar-refractivity contribution is 7.89. The Kier molecular flexibility index (Phi) is 12.7. The van der Waals surface area contributed by atoms with Gasteiger partial charge in [-0.3, -0.25) is 0 Å². The van der Waals surface area contributed by atoms with Crippen molar-refractivity contribution in [2.24, 2.45) is 0 Å². The van der Waals surface area contributed by atoms with Crippen LogP contribution in [0.4, 0.5) is 0 Å². The van der Waals surface area contributed by atoms with Crippen LogP contribution in [-0.4, -0.2) is 43.3 Å². The molecule has 8 aromatic rings. The van der Waals surface area contributed by atoms with E-state index in [1.165, 1.54) is 24.3 Å². The third kappa shape index (κ3) is 9.14. The molecule has 2 aliphatic rings. The number of nitrogens with one attached hydrogen (secondary N) is 2. The lowest BCUT2D eigenvalue weighted by Gasteiger charge is -2.20. The summed E-state index contributed by atoms with van der Waals surface area (Å²) < 4.78 is 95.0. The predicted molar refractivity (Wildman–Crippen MR) is 253 cm³/mol. The second kappa shape index (κ2) is 18.7. The molecule has 0 aliphatic carbocycles. The molecular formula is C52H50N2O10S2. The van der Waals surface area contributed by atoms with E-state index in [2.05, 4.69) is 9.44 Å². The first-order valence-electron chi connectivity index (χ1n) is 21.8. The van der Waals surface area contributed by atoms with Gasteiger partial charge in [0, 0.05) is 46.9 Å². The number of hydrogen-bond acceptors (Lipinski definition) is 10. The largest absolute Gasteiger partial charge is 0.490 e. The number of furan rings is 2. The molecule has 2 unspecified atom stereocenters. The fourth-order valence-electron chi connectivity index (χ4n) is 8.34. The van der Waals surface area contributed by atoms with Gasteiger partial charge in [-0.15, -0.1) is 0 Å². The predicted octanol–water partition coefficient (Wildman–Crippen LogP) is 10.6. The Morgan fingerprint density at radius 1 is 0.439 bits per heavy atom. The van der Waals surface area contributed by atoms with Crippen LogP contribution in [0.2, 0.25) is 0 Å². The van der Waals surface area contributed by atoms with Gasteiger partial charge in [0.05, 0.1) is 36.2 Å². The summed E-state index contributed by atoms with van der Waals surface area (Å²) in [7, 11) is -7.84. The zero-order valence-corrected chi connectivity index (χ0v) is 38.6. The fraction of sp³-hybridized carbons (Fsp3) is 0.231. The van der Waals surface area contributed by atoms with Crippen molar-refractivity contribution in [3.63, 3.8) is 0 Å². The summed E-state index contributed by atoms with van der Waals surface area (Å²) >= 11 is 0. The Morgan fingerprint density at radius 2 is 0.803 bits per heavy atom. The highest BCUT2D eigenvalue weighted by atomic mass is 32.2. The Morgan fingerprint density at radius 3 is 1.20 bits per heavy atom. The van der Waals surface area contributed by atoms with E-state index >= 15 is 0 Å². The maximum atomic E-state index is 13.5. The van der Waals surface area contributed by atoms with Gasteiger partial charge >= 0.3 is 0 Å². The van der Waals surface area contributed by atoms with Gasteiger partial charge in [-0.05, 0) is 86.3 Å².